The van der Waals surface area contributed by atoms with Gasteiger partial charge >= 0.3 is 0 Å². The van der Waals surface area contributed by atoms with Gasteiger partial charge in [-0.3, -0.25) is 4.79 Å². The van der Waals surface area contributed by atoms with Crippen molar-refractivity contribution in [1.82, 2.24) is 0 Å². The maximum absolute atomic E-state index is 12.4. The van der Waals surface area contributed by atoms with Crippen LogP contribution in [0.3, 0.4) is 0 Å². The molecule has 2 heteroatoms. The summed E-state index contributed by atoms with van der Waals surface area (Å²) in [5.41, 5.74) is 0.659. The average Bonchev–Trinajstić information content (AvgIpc) is 2.91. The maximum Gasteiger partial charge on any atom is 0.151 e. The maximum atomic E-state index is 12.4. The molecule has 23 heavy (non-hydrogen) atoms. The van der Waals surface area contributed by atoms with Crippen molar-refractivity contribution in [3.05, 3.63) is 12.2 Å². The highest BCUT2D eigenvalue weighted by Crippen LogP contribution is 2.66. The molecule has 1 unspecified atom stereocenters. The molecule has 4 rings (SSSR count). The third kappa shape index (κ3) is 2.21. The number of rotatable bonds is 2. The van der Waals surface area contributed by atoms with Gasteiger partial charge in [-0.15, -0.1) is 11.6 Å². The molecule has 0 aromatic heterocycles. The molecule has 0 amide bonds. The Morgan fingerprint density at radius 3 is 2.70 bits per heavy atom. The third-order valence-electron chi connectivity index (χ3n) is 8.64. The highest BCUT2D eigenvalue weighted by Gasteiger charge is 2.60. The van der Waals surface area contributed by atoms with Gasteiger partial charge in [0.2, 0.25) is 0 Å². The number of carbonyl (C=O) groups is 1. The van der Waals surface area contributed by atoms with E-state index in [0.29, 0.717) is 11.2 Å². The zero-order valence-electron chi connectivity index (χ0n) is 14.7. The van der Waals surface area contributed by atoms with Crippen LogP contribution in [0.2, 0.25) is 0 Å². The fourth-order valence-corrected chi connectivity index (χ4v) is 7.63. The number of carbonyl (C=O) groups excluding carboxylic acids is 1. The van der Waals surface area contributed by atoms with Crippen LogP contribution in [0.25, 0.3) is 0 Å². The fraction of sp³-hybridized carbons (Fsp3) is 0.857. The van der Waals surface area contributed by atoms with E-state index in [2.05, 4.69) is 26.0 Å². The second kappa shape index (κ2) is 5.61. The minimum atomic E-state index is 0.212. The predicted molar refractivity (Wildman–Crippen MR) is 95.5 cm³/mol. The third-order valence-corrected chi connectivity index (χ3v) is 8.91. The van der Waals surface area contributed by atoms with Crippen molar-refractivity contribution in [1.29, 1.82) is 0 Å². The fourth-order valence-electron chi connectivity index (χ4n) is 7.44. The van der Waals surface area contributed by atoms with Gasteiger partial charge in [0.25, 0.3) is 0 Å². The number of alkyl halides is 1. The summed E-state index contributed by atoms with van der Waals surface area (Å²) in [6.45, 7) is 4.96. The average molecular weight is 335 g/mol. The number of allylic oxidation sites excluding steroid dienone is 2. The van der Waals surface area contributed by atoms with Crippen LogP contribution in [0.4, 0.5) is 0 Å². The molecule has 0 aromatic carbocycles. The molecular weight excluding hydrogens is 304 g/mol. The molecule has 0 aromatic rings. The van der Waals surface area contributed by atoms with Gasteiger partial charge in [0.1, 0.15) is 0 Å². The molecule has 0 aliphatic heterocycles. The van der Waals surface area contributed by atoms with E-state index < -0.39 is 0 Å². The monoisotopic (exact) mass is 334 g/mol. The zero-order chi connectivity index (χ0) is 16.2. The first-order valence-corrected chi connectivity index (χ1v) is 10.3. The van der Waals surface area contributed by atoms with Gasteiger partial charge in [0, 0.05) is 5.92 Å². The van der Waals surface area contributed by atoms with Crippen LogP contribution in [0.1, 0.15) is 65.2 Å². The van der Waals surface area contributed by atoms with Crippen molar-refractivity contribution in [2.75, 3.05) is 5.88 Å². The summed E-state index contributed by atoms with van der Waals surface area (Å²) in [4.78, 5) is 12.4. The van der Waals surface area contributed by atoms with Crippen molar-refractivity contribution in [3.63, 3.8) is 0 Å². The van der Waals surface area contributed by atoms with E-state index in [-0.39, 0.29) is 17.2 Å². The quantitative estimate of drug-likeness (QED) is 0.473. The van der Waals surface area contributed by atoms with E-state index >= 15 is 0 Å². The molecule has 1 nitrogen and oxygen atoms in total. The van der Waals surface area contributed by atoms with Crippen LogP contribution in [-0.2, 0) is 4.79 Å². The molecule has 0 N–H and O–H groups in total. The van der Waals surface area contributed by atoms with Gasteiger partial charge in [-0.25, -0.2) is 0 Å². The Hall–Kier alpha value is -0.300. The van der Waals surface area contributed by atoms with Gasteiger partial charge in [-0.2, -0.15) is 0 Å². The van der Waals surface area contributed by atoms with Crippen LogP contribution in [0, 0.1) is 40.4 Å². The van der Waals surface area contributed by atoms with E-state index in [0.717, 1.165) is 30.1 Å². The summed E-state index contributed by atoms with van der Waals surface area (Å²) in [5.74, 6) is 4.10. The number of hydrogen-bond acceptors (Lipinski definition) is 1. The highest BCUT2D eigenvalue weighted by atomic mass is 35.5. The Morgan fingerprint density at radius 1 is 1.09 bits per heavy atom. The molecule has 3 fully saturated rings. The minimum absolute atomic E-state index is 0.212. The largest absolute Gasteiger partial charge is 0.298 e. The molecule has 0 bridgehead atoms. The first-order valence-electron chi connectivity index (χ1n) is 9.77. The van der Waals surface area contributed by atoms with Gasteiger partial charge in [0.15, 0.2) is 5.78 Å². The van der Waals surface area contributed by atoms with Crippen LogP contribution in [0.5, 0.6) is 0 Å². The lowest BCUT2D eigenvalue weighted by Gasteiger charge is -2.59. The van der Waals surface area contributed by atoms with Crippen molar-refractivity contribution >= 4 is 17.4 Å². The summed E-state index contributed by atoms with van der Waals surface area (Å²) < 4.78 is 0. The summed E-state index contributed by atoms with van der Waals surface area (Å²) in [6.07, 6.45) is 15.4. The summed E-state index contributed by atoms with van der Waals surface area (Å²) in [5, 5.41) is 0. The molecule has 4 aliphatic rings. The van der Waals surface area contributed by atoms with Crippen LogP contribution in [-0.4, -0.2) is 11.7 Å². The second-order valence-corrected chi connectivity index (χ2v) is 9.54. The molecule has 0 spiro atoms. The Kier molecular flexibility index (Phi) is 3.95. The first kappa shape index (κ1) is 16.2. The van der Waals surface area contributed by atoms with E-state index in [1.165, 1.54) is 44.9 Å². The number of fused-ring (bicyclic) bond motifs is 5. The molecule has 3 saturated carbocycles. The molecule has 0 heterocycles. The van der Waals surface area contributed by atoms with Crippen LogP contribution in [0.15, 0.2) is 12.2 Å². The molecule has 4 aliphatic carbocycles. The van der Waals surface area contributed by atoms with E-state index in [4.69, 9.17) is 11.6 Å². The van der Waals surface area contributed by atoms with Gasteiger partial charge in [0.05, 0.1) is 5.88 Å². The topological polar surface area (TPSA) is 17.1 Å². The first-order chi connectivity index (χ1) is 11.0. The van der Waals surface area contributed by atoms with E-state index in [1.54, 1.807) is 0 Å². The number of ketones is 1. The van der Waals surface area contributed by atoms with Crippen molar-refractivity contribution in [2.24, 2.45) is 40.4 Å². The number of halogens is 1. The standard InChI is InChI=1S/C21H31ClO/c1-20-11-4-3-5-14(20)6-7-15-16-8-9-18(19(23)13-22)21(16,2)12-10-17(15)20/h4,11,14-18H,3,5-10,12-13H2,1-2H3/t14?,15-,16-,17-,18+,20-,21-/m0/s1. The highest BCUT2D eigenvalue weighted by molar-refractivity contribution is 6.28. The van der Waals surface area contributed by atoms with E-state index in [9.17, 15) is 4.79 Å². The molecular formula is C21H31ClO. The number of hydrogen-bond donors (Lipinski definition) is 0. The Balaban J connectivity index is 1.64. The lowest BCUT2D eigenvalue weighted by atomic mass is 9.46. The molecule has 128 valence electrons. The SMILES string of the molecule is C[C@]12CC[C@H]3[C@@H](CCC4CCC=C[C@@]43C)[C@@H]1CC[C@@H]2C(=O)CCl. The lowest BCUT2D eigenvalue weighted by Crippen LogP contribution is -2.52. The van der Waals surface area contributed by atoms with Crippen molar-refractivity contribution < 1.29 is 4.79 Å². The molecule has 7 atom stereocenters. The summed E-state index contributed by atoms with van der Waals surface area (Å²) >= 11 is 5.92. The Morgan fingerprint density at radius 2 is 1.91 bits per heavy atom. The summed E-state index contributed by atoms with van der Waals surface area (Å²) in [6, 6.07) is 0. The lowest BCUT2D eigenvalue weighted by molar-refractivity contribution is -0.128. The zero-order valence-corrected chi connectivity index (χ0v) is 15.4. The normalized spacial score (nSPS) is 51.7. The van der Waals surface area contributed by atoms with Crippen LogP contribution < -0.4 is 0 Å². The Labute approximate surface area is 146 Å². The summed E-state index contributed by atoms with van der Waals surface area (Å²) in [7, 11) is 0. The van der Waals surface area contributed by atoms with Gasteiger partial charge in [-0.1, -0.05) is 26.0 Å². The number of Topliss-reactive ketones (excluding diaryl/α,β-unsaturated/α-hetero) is 1. The second-order valence-electron chi connectivity index (χ2n) is 9.27. The Bertz CT molecular complexity index is 526. The van der Waals surface area contributed by atoms with Crippen molar-refractivity contribution in [2.45, 2.75) is 65.2 Å². The van der Waals surface area contributed by atoms with Gasteiger partial charge < -0.3 is 0 Å². The van der Waals surface area contributed by atoms with Crippen molar-refractivity contribution in [3.8, 4) is 0 Å². The van der Waals surface area contributed by atoms with Gasteiger partial charge in [-0.05, 0) is 85.9 Å². The molecule has 0 saturated heterocycles. The smallest absolute Gasteiger partial charge is 0.151 e. The predicted octanol–water partition coefficient (Wildman–Crippen LogP) is 5.62. The van der Waals surface area contributed by atoms with Crippen LogP contribution >= 0.6 is 11.6 Å². The van der Waals surface area contributed by atoms with E-state index in [1.807, 2.05) is 0 Å². The molecule has 0 radical (unpaired) electrons. The minimum Gasteiger partial charge on any atom is -0.298 e.